The first-order valence-electron chi connectivity index (χ1n) is 5.89. The number of nitrogens with zero attached hydrogens (tertiary/aromatic N) is 1. The van der Waals surface area contributed by atoms with E-state index in [9.17, 15) is 9.59 Å². The van der Waals surface area contributed by atoms with Crippen molar-refractivity contribution < 1.29 is 4.79 Å². The maximum absolute atomic E-state index is 12.5. The summed E-state index contributed by atoms with van der Waals surface area (Å²) in [4.78, 5) is 24.2. The molecule has 1 heterocycles. The molecule has 3 aromatic rings. The maximum atomic E-state index is 12.5. The van der Waals surface area contributed by atoms with Crippen LogP contribution in [0.25, 0.3) is 10.2 Å². The molecule has 94 valence electrons. The monoisotopic (exact) mass is 269 g/mol. The predicted octanol–water partition coefficient (Wildman–Crippen LogP) is 3.06. The van der Waals surface area contributed by atoms with Crippen molar-refractivity contribution in [1.29, 1.82) is 0 Å². The Morgan fingerprint density at radius 2 is 1.89 bits per heavy atom. The SMILES string of the molecule is Cc1cccc(C(=O)n2c(=O)sc3ccccc32)c1. The fourth-order valence-corrected chi connectivity index (χ4v) is 2.94. The first kappa shape index (κ1) is 11.9. The van der Waals surface area contributed by atoms with Crippen molar-refractivity contribution in [3.05, 3.63) is 69.3 Å². The fourth-order valence-electron chi connectivity index (χ4n) is 2.07. The highest BCUT2D eigenvalue weighted by Crippen LogP contribution is 2.18. The van der Waals surface area contributed by atoms with E-state index in [0.717, 1.165) is 21.6 Å². The summed E-state index contributed by atoms with van der Waals surface area (Å²) in [6.45, 7) is 1.92. The molecule has 0 amide bonds. The Morgan fingerprint density at radius 1 is 1.11 bits per heavy atom. The van der Waals surface area contributed by atoms with Crippen molar-refractivity contribution in [2.45, 2.75) is 6.92 Å². The van der Waals surface area contributed by atoms with E-state index >= 15 is 0 Å². The number of carbonyl (C=O) groups excluding carboxylic acids is 1. The van der Waals surface area contributed by atoms with Gasteiger partial charge in [-0.2, -0.15) is 0 Å². The van der Waals surface area contributed by atoms with Crippen LogP contribution in [0.3, 0.4) is 0 Å². The number of hydrogen-bond donors (Lipinski definition) is 0. The summed E-state index contributed by atoms with van der Waals surface area (Å²) in [6, 6.07) is 14.6. The van der Waals surface area contributed by atoms with Gasteiger partial charge in [0.2, 0.25) is 0 Å². The molecule has 0 fully saturated rings. The van der Waals surface area contributed by atoms with Crippen molar-refractivity contribution in [2.24, 2.45) is 0 Å². The third kappa shape index (κ3) is 2.00. The molecular weight excluding hydrogens is 258 g/mol. The average molecular weight is 269 g/mol. The average Bonchev–Trinajstić information content (AvgIpc) is 2.74. The van der Waals surface area contributed by atoms with Crippen LogP contribution in [0.15, 0.2) is 53.3 Å². The summed E-state index contributed by atoms with van der Waals surface area (Å²) < 4.78 is 2.07. The van der Waals surface area contributed by atoms with Gasteiger partial charge in [-0.1, -0.05) is 41.2 Å². The van der Waals surface area contributed by atoms with Gasteiger partial charge >= 0.3 is 4.87 Å². The van der Waals surface area contributed by atoms with Gasteiger partial charge in [0.05, 0.1) is 10.2 Å². The molecule has 3 nitrogen and oxygen atoms in total. The van der Waals surface area contributed by atoms with E-state index in [1.165, 1.54) is 4.57 Å². The Morgan fingerprint density at radius 3 is 2.68 bits per heavy atom. The molecule has 0 saturated heterocycles. The van der Waals surface area contributed by atoms with Gasteiger partial charge in [-0.3, -0.25) is 9.59 Å². The van der Waals surface area contributed by atoms with E-state index in [2.05, 4.69) is 0 Å². The highest BCUT2D eigenvalue weighted by Gasteiger charge is 2.15. The van der Waals surface area contributed by atoms with E-state index in [-0.39, 0.29) is 10.8 Å². The Hall–Kier alpha value is -2.20. The van der Waals surface area contributed by atoms with Gasteiger partial charge in [0.1, 0.15) is 0 Å². The topological polar surface area (TPSA) is 39.1 Å². The molecule has 19 heavy (non-hydrogen) atoms. The highest BCUT2D eigenvalue weighted by molar-refractivity contribution is 7.16. The molecule has 0 unspecified atom stereocenters. The number of hydrogen-bond acceptors (Lipinski definition) is 3. The Bertz CT molecular complexity index is 829. The first-order chi connectivity index (χ1) is 9.16. The van der Waals surface area contributed by atoms with Crippen LogP contribution in [-0.2, 0) is 0 Å². The van der Waals surface area contributed by atoms with Gasteiger partial charge in [-0.05, 0) is 31.2 Å². The van der Waals surface area contributed by atoms with E-state index < -0.39 is 0 Å². The summed E-state index contributed by atoms with van der Waals surface area (Å²) in [5, 5.41) is 0. The van der Waals surface area contributed by atoms with E-state index in [0.29, 0.717) is 11.1 Å². The summed E-state index contributed by atoms with van der Waals surface area (Å²) in [5.41, 5.74) is 2.20. The largest absolute Gasteiger partial charge is 0.315 e. The van der Waals surface area contributed by atoms with Gasteiger partial charge in [0, 0.05) is 5.56 Å². The maximum Gasteiger partial charge on any atom is 0.315 e. The van der Waals surface area contributed by atoms with Gasteiger partial charge in [0.25, 0.3) is 5.91 Å². The highest BCUT2D eigenvalue weighted by atomic mass is 32.1. The Labute approximate surface area is 113 Å². The van der Waals surface area contributed by atoms with Gasteiger partial charge < -0.3 is 0 Å². The first-order valence-corrected chi connectivity index (χ1v) is 6.70. The molecule has 4 heteroatoms. The van der Waals surface area contributed by atoms with Crippen LogP contribution in [0.2, 0.25) is 0 Å². The normalized spacial score (nSPS) is 10.8. The second kappa shape index (κ2) is 4.48. The molecule has 0 bridgehead atoms. The van der Waals surface area contributed by atoms with Crippen molar-refractivity contribution in [3.8, 4) is 0 Å². The van der Waals surface area contributed by atoms with Crippen LogP contribution in [0.4, 0.5) is 0 Å². The predicted molar refractivity (Wildman–Crippen MR) is 77.0 cm³/mol. The molecule has 0 aliphatic carbocycles. The zero-order valence-corrected chi connectivity index (χ0v) is 11.1. The Balaban J connectivity index is 2.22. The second-order valence-corrected chi connectivity index (χ2v) is 5.34. The molecule has 0 radical (unpaired) electrons. The molecule has 0 aliphatic rings. The zero-order chi connectivity index (χ0) is 13.4. The lowest BCUT2D eigenvalue weighted by atomic mass is 10.1. The molecule has 0 atom stereocenters. The minimum Gasteiger partial charge on any atom is -0.268 e. The molecule has 2 aromatic carbocycles. The smallest absolute Gasteiger partial charge is 0.268 e. The number of aryl methyl sites for hydroxylation is 1. The molecule has 3 rings (SSSR count). The molecular formula is C15H11NO2S. The summed E-state index contributed by atoms with van der Waals surface area (Å²) in [6.07, 6.45) is 0. The summed E-state index contributed by atoms with van der Waals surface area (Å²) >= 11 is 1.09. The molecule has 0 aliphatic heterocycles. The molecule has 0 N–H and O–H groups in total. The minimum atomic E-state index is -0.272. The lowest BCUT2D eigenvalue weighted by Crippen LogP contribution is -2.22. The summed E-state index contributed by atoms with van der Waals surface area (Å²) in [5.74, 6) is -0.272. The van der Waals surface area contributed by atoms with Crippen molar-refractivity contribution >= 4 is 27.5 Å². The number of fused-ring (bicyclic) bond motifs is 1. The lowest BCUT2D eigenvalue weighted by molar-refractivity contribution is 0.0962. The number of benzene rings is 2. The van der Waals surface area contributed by atoms with Crippen molar-refractivity contribution in [3.63, 3.8) is 0 Å². The van der Waals surface area contributed by atoms with E-state index in [1.807, 2.05) is 37.3 Å². The second-order valence-electron chi connectivity index (χ2n) is 4.35. The van der Waals surface area contributed by atoms with Crippen molar-refractivity contribution in [1.82, 2.24) is 4.57 Å². The summed E-state index contributed by atoms with van der Waals surface area (Å²) in [7, 11) is 0. The zero-order valence-electron chi connectivity index (χ0n) is 10.3. The quantitative estimate of drug-likeness (QED) is 0.681. The molecule has 1 aromatic heterocycles. The Kier molecular flexibility index (Phi) is 2.80. The molecule has 0 saturated carbocycles. The van der Waals surface area contributed by atoms with Gasteiger partial charge in [-0.15, -0.1) is 0 Å². The van der Waals surface area contributed by atoms with Crippen LogP contribution in [0.1, 0.15) is 15.9 Å². The molecule has 0 spiro atoms. The third-order valence-corrected chi connectivity index (χ3v) is 3.88. The van der Waals surface area contributed by atoms with Crippen LogP contribution < -0.4 is 4.87 Å². The van der Waals surface area contributed by atoms with Gasteiger partial charge in [-0.25, -0.2) is 4.57 Å². The van der Waals surface area contributed by atoms with Crippen molar-refractivity contribution in [2.75, 3.05) is 0 Å². The standard InChI is InChI=1S/C15H11NO2S/c1-10-5-4-6-11(9-10)14(17)16-12-7-2-3-8-13(12)19-15(16)18/h2-9H,1H3. The van der Waals surface area contributed by atoms with Crippen LogP contribution in [-0.4, -0.2) is 10.5 Å². The third-order valence-electron chi connectivity index (χ3n) is 2.95. The minimum absolute atomic E-state index is 0.243. The fraction of sp³-hybridized carbons (Fsp3) is 0.0667. The van der Waals surface area contributed by atoms with Crippen LogP contribution in [0.5, 0.6) is 0 Å². The number of para-hydroxylation sites is 1. The van der Waals surface area contributed by atoms with Crippen LogP contribution >= 0.6 is 11.3 Å². The number of thiazole rings is 1. The van der Waals surface area contributed by atoms with Crippen LogP contribution in [0, 0.1) is 6.92 Å². The number of rotatable bonds is 1. The lowest BCUT2D eigenvalue weighted by Gasteiger charge is -2.03. The van der Waals surface area contributed by atoms with Gasteiger partial charge in [0.15, 0.2) is 0 Å². The van der Waals surface area contributed by atoms with E-state index in [4.69, 9.17) is 0 Å². The number of aromatic nitrogens is 1. The van der Waals surface area contributed by atoms with E-state index in [1.54, 1.807) is 18.2 Å². The number of carbonyl (C=O) groups is 1.